The summed E-state index contributed by atoms with van der Waals surface area (Å²) in [6.07, 6.45) is 0.646. The van der Waals surface area contributed by atoms with Gasteiger partial charge in [-0.1, -0.05) is 54.6 Å². The lowest BCUT2D eigenvalue weighted by molar-refractivity contribution is -0.119. The summed E-state index contributed by atoms with van der Waals surface area (Å²) in [5, 5.41) is 0. The Labute approximate surface area is 121 Å². The lowest BCUT2D eigenvalue weighted by Gasteiger charge is -2.09. The topological polar surface area (TPSA) is 58.9 Å². The fraction of sp³-hybridized carbons (Fsp3) is 0.118. The molecule has 0 saturated carbocycles. The van der Waals surface area contributed by atoms with E-state index in [1.54, 1.807) is 0 Å². The van der Waals surface area contributed by atoms with Crippen LogP contribution in [0.25, 0.3) is 0 Å². The third-order valence-electron chi connectivity index (χ3n) is 3.40. The van der Waals surface area contributed by atoms with Gasteiger partial charge in [-0.05, 0) is 5.56 Å². The van der Waals surface area contributed by atoms with E-state index in [-0.39, 0.29) is 12.2 Å². The molecule has 2 aromatic rings. The van der Waals surface area contributed by atoms with Crippen LogP contribution in [0.5, 0.6) is 0 Å². The molecule has 0 bridgehead atoms. The molecule has 21 heavy (non-hydrogen) atoms. The molecule has 1 aliphatic heterocycles. The molecule has 102 valence electrons. The normalized spacial score (nSPS) is 17.2. The molecule has 0 aromatic heterocycles. The van der Waals surface area contributed by atoms with Gasteiger partial charge in [0.25, 0.3) is 0 Å². The molecule has 1 heterocycles. The molecule has 0 fully saturated rings. The minimum atomic E-state index is -1.01. The van der Waals surface area contributed by atoms with Gasteiger partial charge in [-0.25, -0.2) is 9.79 Å². The highest BCUT2D eigenvalue weighted by Gasteiger charge is 2.25. The van der Waals surface area contributed by atoms with E-state index in [1.807, 2.05) is 54.6 Å². The number of nitrogens with zero attached hydrogens (tertiary/aromatic N) is 2. The van der Waals surface area contributed by atoms with Crippen LogP contribution in [-0.4, -0.2) is 23.7 Å². The Morgan fingerprint density at radius 1 is 1.05 bits per heavy atom. The van der Waals surface area contributed by atoms with Gasteiger partial charge in [0, 0.05) is 17.5 Å². The first kappa shape index (κ1) is 13.2. The fourth-order valence-corrected chi connectivity index (χ4v) is 2.43. The maximum Gasteiger partial charge on any atom is 0.237 e. The Balaban J connectivity index is 2.22. The number of isocyanates is 1. The van der Waals surface area contributed by atoms with Crippen molar-refractivity contribution < 1.29 is 9.59 Å². The number of Topliss-reactive ketones (excluding diaryl/α,β-unsaturated/α-hetero) is 1. The van der Waals surface area contributed by atoms with Crippen molar-refractivity contribution in [3.05, 3.63) is 71.3 Å². The van der Waals surface area contributed by atoms with Crippen LogP contribution < -0.4 is 0 Å². The Kier molecular flexibility index (Phi) is 3.54. The van der Waals surface area contributed by atoms with Crippen molar-refractivity contribution in [3.8, 4) is 0 Å². The molecule has 1 aliphatic rings. The van der Waals surface area contributed by atoms with E-state index in [0.717, 1.165) is 16.7 Å². The van der Waals surface area contributed by atoms with Crippen LogP contribution in [0.2, 0.25) is 0 Å². The zero-order valence-corrected chi connectivity index (χ0v) is 11.2. The van der Waals surface area contributed by atoms with Crippen LogP contribution in [0.1, 0.15) is 16.7 Å². The maximum absolute atomic E-state index is 12.2. The van der Waals surface area contributed by atoms with Crippen molar-refractivity contribution in [2.24, 2.45) is 9.98 Å². The average Bonchev–Trinajstić information content (AvgIpc) is 2.66. The number of rotatable bonds is 2. The van der Waals surface area contributed by atoms with Crippen molar-refractivity contribution in [1.29, 1.82) is 0 Å². The number of hydrogen-bond acceptors (Lipinski definition) is 4. The quantitative estimate of drug-likeness (QED) is 0.624. The molecule has 3 rings (SSSR count). The van der Waals surface area contributed by atoms with Crippen LogP contribution in [-0.2, 0) is 16.0 Å². The second-order valence-corrected chi connectivity index (χ2v) is 4.74. The molecule has 2 aromatic carbocycles. The van der Waals surface area contributed by atoms with E-state index in [4.69, 9.17) is 0 Å². The van der Waals surface area contributed by atoms with Gasteiger partial charge in [0.15, 0.2) is 5.78 Å². The molecular weight excluding hydrogens is 264 g/mol. The van der Waals surface area contributed by atoms with E-state index < -0.39 is 6.17 Å². The van der Waals surface area contributed by atoms with Gasteiger partial charge < -0.3 is 0 Å². The number of benzene rings is 2. The molecule has 1 atom stereocenters. The van der Waals surface area contributed by atoms with E-state index in [0.29, 0.717) is 5.71 Å². The van der Waals surface area contributed by atoms with E-state index in [1.165, 1.54) is 6.08 Å². The Morgan fingerprint density at radius 2 is 1.76 bits per heavy atom. The third-order valence-corrected chi connectivity index (χ3v) is 3.40. The van der Waals surface area contributed by atoms with Crippen LogP contribution in [0.15, 0.2) is 64.6 Å². The SMILES string of the molecule is O=C=NC1N=C(c2ccccc2)c2ccccc2CC1=O. The number of carbonyl (C=O) groups is 1. The minimum absolute atomic E-state index is 0.197. The van der Waals surface area contributed by atoms with Crippen molar-refractivity contribution in [2.75, 3.05) is 0 Å². The van der Waals surface area contributed by atoms with Gasteiger partial charge in [0.05, 0.1) is 5.71 Å². The average molecular weight is 276 g/mol. The molecule has 4 nitrogen and oxygen atoms in total. The van der Waals surface area contributed by atoms with Crippen LogP contribution >= 0.6 is 0 Å². The zero-order chi connectivity index (χ0) is 14.7. The van der Waals surface area contributed by atoms with Crippen LogP contribution in [0, 0.1) is 0 Å². The summed E-state index contributed by atoms with van der Waals surface area (Å²) in [6.45, 7) is 0. The highest BCUT2D eigenvalue weighted by Crippen LogP contribution is 2.21. The lowest BCUT2D eigenvalue weighted by Crippen LogP contribution is -2.17. The molecule has 0 saturated heterocycles. The Morgan fingerprint density at radius 3 is 2.52 bits per heavy atom. The largest absolute Gasteiger partial charge is 0.295 e. The molecule has 0 N–H and O–H groups in total. The molecule has 1 unspecified atom stereocenters. The first-order valence-electron chi connectivity index (χ1n) is 6.61. The second-order valence-electron chi connectivity index (χ2n) is 4.74. The summed E-state index contributed by atoms with van der Waals surface area (Å²) in [4.78, 5) is 30.6. The number of hydrogen-bond donors (Lipinski definition) is 0. The first-order valence-corrected chi connectivity index (χ1v) is 6.61. The summed E-state index contributed by atoms with van der Waals surface area (Å²) < 4.78 is 0. The summed E-state index contributed by atoms with van der Waals surface area (Å²) in [7, 11) is 0. The Hall–Kier alpha value is -2.84. The van der Waals surface area contributed by atoms with Crippen molar-refractivity contribution >= 4 is 17.6 Å². The van der Waals surface area contributed by atoms with Crippen molar-refractivity contribution in [1.82, 2.24) is 0 Å². The smallest absolute Gasteiger partial charge is 0.237 e. The summed E-state index contributed by atoms with van der Waals surface area (Å²) in [6, 6.07) is 17.2. The van der Waals surface area contributed by atoms with Gasteiger partial charge in [0.1, 0.15) is 0 Å². The predicted molar refractivity (Wildman–Crippen MR) is 79.1 cm³/mol. The molecule has 0 radical (unpaired) electrons. The predicted octanol–water partition coefficient (Wildman–Crippen LogP) is 2.31. The highest BCUT2D eigenvalue weighted by molar-refractivity contribution is 6.16. The monoisotopic (exact) mass is 276 g/mol. The Bertz CT molecular complexity index is 759. The summed E-state index contributed by atoms with van der Waals surface area (Å²) in [5.41, 5.74) is 3.38. The highest BCUT2D eigenvalue weighted by atomic mass is 16.1. The molecule has 0 aliphatic carbocycles. The second kappa shape index (κ2) is 5.65. The number of carbonyl (C=O) groups excluding carboxylic acids is 2. The summed E-state index contributed by atoms with van der Waals surface area (Å²) in [5.74, 6) is -0.197. The molecular formula is C17H12N2O2. The fourth-order valence-electron chi connectivity index (χ4n) is 2.43. The van der Waals surface area contributed by atoms with Gasteiger partial charge in [-0.15, -0.1) is 0 Å². The van der Waals surface area contributed by atoms with E-state index >= 15 is 0 Å². The van der Waals surface area contributed by atoms with E-state index in [2.05, 4.69) is 9.98 Å². The molecule has 0 amide bonds. The third kappa shape index (κ3) is 2.57. The van der Waals surface area contributed by atoms with E-state index in [9.17, 15) is 9.59 Å². The number of ketones is 1. The van der Waals surface area contributed by atoms with Crippen molar-refractivity contribution in [3.63, 3.8) is 0 Å². The minimum Gasteiger partial charge on any atom is -0.295 e. The van der Waals surface area contributed by atoms with Crippen molar-refractivity contribution in [2.45, 2.75) is 12.6 Å². The number of aliphatic imine (C=N–C) groups is 2. The maximum atomic E-state index is 12.2. The molecule has 0 spiro atoms. The standard InChI is InChI=1S/C17H12N2O2/c20-11-18-17-15(21)10-13-8-4-5-9-14(13)16(19-17)12-6-2-1-3-7-12/h1-9,17H,10H2. The lowest BCUT2D eigenvalue weighted by atomic mass is 9.96. The zero-order valence-electron chi connectivity index (χ0n) is 11.2. The first-order chi connectivity index (χ1) is 10.3. The summed E-state index contributed by atoms with van der Waals surface area (Å²) >= 11 is 0. The van der Waals surface area contributed by atoms with Gasteiger partial charge in [-0.2, -0.15) is 4.99 Å². The van der Waals surface area contributed by atoms with Gasteiger partial charge in [0.2, 0.25) is 12.2 Å². The van der Waals surface area contributed by atoms with Gasteiger partial charge >= 0.3 is 0 Å². The van der Waals surface area contributed by atoms with Crippen LogP contribution in [0.4, 0.5) is 0 Å². The number of fused-ring (bicyclic) bond motifs is 1. The van der Waals surface area contributed by atoms with Crippen LogP contribution in [0.3, 0.4) is 0 Å². The van der Waals surface area contributed by atoms with Gasteiger partial charge in [-0.3, -0.25) is 4.79 Å². The molecule has 4 heteroatoms.